The fourth-order valence-electron chi connectivity index (χ4n) is 1.56. The van der Waals surface area contributed by atoms with Crippen LogP contribution in [0.4, 0.5) is 5.69 Å². The van der Waals surface area contributed by atoms with E-state index in [4.69, 9.17) is 0 Å². The number of aromatic nitrogens is 1. The number of aryl methyl sites for hydroxylation is 1. The van der Waals surface area contributed by atoms with E-state index in [1.54, 1.807) is 0 Å². The zero-order valence-corrected chi connectivity index (χ0v) is 8.75. The van der Waals surface area contributed by atoms with Gasteiger partial charge in [0, 0.05) is 11.6 Å². The predicted molar refractivity (Wildman–Crippen MR) is 61.1 cm³/mol. The van der Waals surface area contributed by atoms with Gasteiger partial charge >= 0.3 is 0 Å². The van der Waals surface area contributed by atoms with Gasteiger partial charge in [-0.15, -0.1) is 0 Å². The molecule has 0 fully saturated rings. The zero-order chi connectivity index (χ0) is 11.5. The molecule has 1 heterocycles. The lowest BCUT2D eigenvalue weighted by molar-refractivity contribution is -0.385. The van der Waals surface area contributed by atoms with Gasteiger partial charge in [0.1, 0.15) is 6.20 Å². The van der Waals surface area contributed by atoms with Gasteiger partial charge in [0.25, 0.3) is 5.69 Å². The fraction of sp³-hybridized carbons (Fsp3) is 0.0833. The predicted octanol–water partition coefficient (Wildman–Crippen LogP) is 2.97. The van der Waals surface area contributed by atoms with Crippen LogP contribution in [0.25, 0.3) is 11.3 Å². The first-order valence-electron chi connectivity index (χ1n) is 4.85. The highest BCUT2D eigenvalue weighted by molar-refractivity contribution is 5.63. The summed E-state index contributed by atoms with van der Waals surface area (Å²) in [6.07, 6.45) is 1.29. The first kappa shape index (κ1) is 10.3. The van der Waals surface area contributed by atoms with Gasteiger partial charge in [-0.3, -0.25) is 10.1 Å². The Balaban J connectivity index is 2.48. The molecule has 80 valence electrons. The van der Waals surface area contributed by atoms with Crippen molar-refractivity contribution in [3.63, 3.8) is 0 Å². The number of rotatable bonds is 2. The Hall–Kier alpha value is -2.23. The van der Waals surface area contributed by atoms with Gasteiger partial charge in [0.05, 0.1) is 10.6 Å². The van der Waals surface area contributed by atoms with E-state index in [-0.39, 0.29) is 5.69 Å². The van der Waals surface area contributed by atoms with Crippen molar-refractivity contribution in [1.82, 2.24) is 4.98 Å². The summed E-state index contributed by atoms with van der Waals surface area (Å²) in [6, 6.07) is 11.2. The number of pyridine rings is 1. The molecule has 16 heavy (non-hydrogen) atoms. The minimum Gasteiger partial charge on any atom is -0.258 e. The second-order valence-electron chi connectivity index (χ2n) is 3.48. The van der Waals surface area contributed by atoms with Crippen LogP contribution in [0.15, 0.2) is 42.6 Å². The Bertz CT molecular complexity index is 524. The minimum atomic E-state index is -0.436. The van der Waals surface area contributed by atoms with Gasteiger partial charge < -0.3 is 0 Å². The van der Waals surface area contributed by atoms with Crippen molar-refractivity contribution in [3.8, 4) is 11.3 Å². The molecule has 0 spiro atoms. The molecule has 1 aromatic heterocycles. The summed E-state index contributed by atoms with van der Waals surface area (Å²) in [6.45, 7) is 1.82. The van der Waals surface area contributed by atoms with Crippen molar-refractivity contribution in [2.24, 2.45) is 0 Å². The number of benzene rings is 1. The molecular weight excluding hydrogens is 204 g/mol. The highest BCUT2D eigenvalue weighted by Crippen LogP contribution is 2.23. The van der Waals surface area contributed by atoms with E-state index in [1.165, 1.54) is 12.3 Å². The second kappa shape index (κ2) is 4.10. The maximum absolute atomic E-state index is 10.6. The van der Waals surface area contributed by atoms with Crippen molar-refractivity contribution < 1.29 is 4.92 Å². The lowest BCUT2D eigenvalue weighted by Gasteiger charge is -2.03. The third kappa shape index (κ3) is 1.91. The second-order valence-corrected chi connectivity index (χ2v) is 3.48. The smallest absolute Gasteiger partial charge is 0.258 e. The van der Waals surface area contributed by atoms with E-state index in [1.807, 2.05) is 37.3 Å². The van der Waals surface area contributed by atoms with Gasteiger partial charge in [-0.25, -0.2) is 4.98 Å². The molecule has 0 bridgehead atoms. The van der Waals surface area contributed by atoms with Gasteiger partial charge in [-0.2, -0.15) is 0 Å². The summed E-state index contributed by atoms with van der Waals surface area (Å²) in [5.41, 5.74) is 2.58. The molecule has 0 unspecified atom stereocenters. The van der Waals surface area contributed by atoms with Crippen LogP contribution < -0.4 is 0 Å². The Labute approximate surface area is 92.7 Å². The van der Waals surface area contributed by atoms with Crippen molar-refractivity contribution in [1.29, 1.82) is 0 Å². The largest absolute Gasteiger partial charge is 0.287 e. The van der Waals surface area contributed by atoms with E-state index in [2.05, 4.69) is 4.98 Å². The number of nitro groups is 1. The van der Waals surface area contributed by atoms with Crippen LogP contribution in [-0.2, 0) is 0 Å². The molecule has 4 heteroatoms. The number of hydrogen-bond donors (Lipinski definition) is 0. The van der Waals surface area contributed by atoms with Crippen LogP contribution in [0.1, 0.15) is 5.56 Å². The summed E-state index contributed by atoms with van der Waals surface area (Å²) >= 11 is 0. The Kier molecular flexibility index (Phi) is 2.64. The molecule has 0 atom stereocenters. The molecule has 0 saturated heterocycles. The molecule has 0 aliphatic heterocycles. The maximum Gasteiger partial charge on any atom is 0.287 e. The highest BCUT2D eigenvalue weighted by atomic mass is 16.6. The molecule has 0 aliphatic carbocycles. The third-order valence-corrected chi connectivity index (χ3v) is 2.32. The molecule has 0 aliphatic rings. The first-order valence-corrected chi connectivity index (χ1v) is 4.85. The van der Waals surface area contributed by atoms with Gasteiger partial charge in [-0.05, 0) is 12.5 Å². The fourth-order valence-corrected chi connectivity index (χ4v) is 1.56. The van der Waals surface area contributed by atoms with E-state index in [0.29, 0.717) is 0 Å². The van der Waals surface area contributed by atoms with Crippen LogP contribution in [0.2, 0.25) is 0 Å². The van der Waals surface area contributed by atoms with Crippen molar-refractivity contribution >= 4 is 5.69 Å². The molecular formula is C12H10N2O2. The van der Waals surface area contributed by atoms with Gasteiger partial charge in [-0.1, -0.05) is 30.3 Å². The average Bonchev–Trinajstić information content (AvgIpc) is 2.30. The SMILES string of the molecule is Cc1cc([N+](=O)[O-])cnc1-c1ccccc1. The quantitative estimate of drug-likeness (QED) is 0.570. The monoisotopic (exact) mass is 214 g/mol. The highest BCUT2D eigenvalue weighted by Gasteiger charge is 2.10. The lowest BCUT2D eigenvalue weighted by atomic mass is 10.1. The molecule has 0 amide bonds. The summed E-state index contributed by atoms with van der Waals surface area (Å²) in [5.74, 6) is 0. The maximum atomic E-state index is 10.6. The Morgan fingerprint density at radius 2 is 1.94 bits per heavy atom. The van der Waals surface area contributed by atoms with Gasteiger partial charge in [0.2, 0.25) is 0 Å². The Morgan fingerprint density at radius 1 is 1.25 bits per heavy atom. The summed E-state index contributed by atoms with van der Waals surface area (Å²) in [4.78, 5) is 14.3. The van der Waals surface area contributed by atoms with E-state index in [9.17, 15) is 10.1 Å². The zero-order valence-electron chi connectivity index (χ0n) is 8.75. The van der Waals surface area contributed by atoms with Crippen molar-refractivity contribution in [2.45, 2.75) is 6.92 Å². The lowest BCUT2D eigenvalue weighted by Crippen LogP contribution is -1.93. The topological polar surface area (TPSA) is 56.0 Å². The van der Waals surface area contributed by atoms with Crippen LogP contribution in [0, 0.1) is 17.0 Å². The molecule has 2 aromatic rings. The number of hydrogen-bond acceptors (Lipinski definition) is 3. The third-order valence-electron chi connectivity index (χ3n) is 2.32. The van der Waals surface area contributed by atoms with Gasteiger partial charge in [0.15, 0.2) is 0 Å². The summed E-state index contributed by atoms with van der Waals surface area (Å²) in [5, 5.41) is 10.6. The standard InChI is InChI=1S/C12H10N2O2/c1-9-7-11(14(15)16)8-13-12(9)10-5-3-2-4-6-10/h2-8H,1H3. The Morgan fingerprint density at radius 3 is 2.50 bits per heavy atom. The van der Waals surface area contributed by atoms with Crippen molar-refractivity contribution in [2.75, 3.05) is 0 Å². The average molecular weight is 214 g/mol. The molecule has 2 rings (SSSR count). The summed E-state index contributed by atoms with van der Waals surface area (Å²) in [7, 11) is 0. The molecule has 0 radical (unpaired) electrons. The van der Waals surface area contributed by atoms with Crippen LogP contribution >= 0.6 is 0 Å². The van der Waals surface area contributed by atoms with Crippen LogP contribution in [0.3, 0.4) is 0 Å². The number of nitrogens with zero attached hydrogens (tertiary/aromatic N) is 2. The van der Waals surface area contributed by atoms with E-state index in [0.717, 1.165) is 16.8 Å². The minimum absolute atomic E-state index is 0.0252. The molecule has 1 aromatic carbocycles. The van der Waals surface area contributed by atoms with E-state index >= 15 is 0 Å². The molecule has 4 nitrogen and oxygen atoms in total. The molecule has 0 N–H and O–H groups in total. The first-order chi connectivity index (χ1) is 7.68. The van der Waals surface area contributed by atoms with Crippen LogP contribution in [0.5, 0.6) is 0 Å². The normalized spacial score (nSPS) is 10.1. The molecule has 0 saturated carbocycles. The summed E-state index contributed by atoms with van der Waals surface area (Å²) < 4.78 is 0. The van der Waals surface area contributed by atoms with E-state index < -0.39 is 4.92 Å². The van der Waals surface area contributed by atoms with Crippen LogP contribution in [-0.4, -0.2) is 9.91 Å². The van der Waals surface area contributed by atoms with Crippen molar-refractivity contribution in [3.05, 3.63) is 58.3 Å².